The summed E-state index contributed by atoms with van der Waals surface area (Å²) in [5.74, 6) is 1.52. The fourth-order valence-electron chi connectivity index (χ4n) is 1.42. The molecule has 0 aliphatic carbocycles. The number of hydrogen-bond acceptors (Lipinski definition) is 3. The van der Waals surface area contributed by atoms with Crippen LogP contribution in [0.25, 0.3) is 0 Å². The van der Waals surface area contributed by atoms with Crippen LogP contribution in [0.4, 0.5) is 0 Å². The summed E-state index contributed by atoms with van der Waals surface area (Å²) in [5.41, 5.74) is 6.75. The van der Waals surface area contributed by atoms with E-state index in [0.29, 0.717) is 13.2 Å². The maximum Gasteiger partial charge on any atom is 0.161 e. The molecule has 2 N–H and O–H groups in total. The quantitative estimate of drug-likeness (QED) is 0.852. The first-order valence-electron chi connectivity index (χ1n) is 5.50. The Hall–Kier alpha value is -1.22. The van der Waals surface area contributed by atoms with Gasteiger partial charge in [-0.25, -0.2) is 0 Å². The molecule has 0 heterocycles. The first kappa shape index (κ1) is 12.8. The van der Waals surface area contributed by atoms with Gasteiger partial charge in [-0.05, 0) is 23.1 Å². The Morgan fingerprint density at radius 1 is 1.19 bits per heavy atom. The highest BCUT2D eigenvalue weighted by Gasteiger charge is 2.16. The first-order valence-corrected chi connectivity index (χ1v) is 5.50. The van der Waals surface area contributed by atoms with Crippen LogP contribution in [-0.4, -0.2) is 20.3 Å². The molecule has 3 nitrogen and oxygen atoms in total. The molecule has 0 aromatic heterocycles. The minimum atomic E-state index is 0.104. The van der Waals surface area contributed by atoms with Gasteiger partial charge >= 0.3 is 0 Å². The number of ether oxygens (including phenoxy) is 2. The lowest BCUT2D eigenvalue weighted by Crippen LogP contribution is -2.13. The van der Waals surface area contributed by atoms with Crippen LogP contribution in [0, 0.1) is 0 Å². The number of rotatable bonds is 4. The van der Waals surface area contributed by atoms with Gasteiger partial charge in [0.1, 0.15) is 6.61 Å². The SMILES string of the molecule is COc1ccc(C(C)(C)C)cc1OCCN. The summed E-state index contributed by atoms with van der Waals surface area (Å²) in [5, 5.41) is 0. The summed E-state index contributed by atoms with van der Waals surface area (Å²) in [6.07, 6.45) is 0. The molecule has 0 radical (unpaired) electrons. The number of benzene rings is 1. The maximum atomic E-state index is 5.56. The van der Waals surface area contributed by atoms with E-state index in [-0.39, 0.29) is 5.41 Å². The lowest BCUT2D eigenvalue weighted by Gasteiger charge is -2.21. The van der Waals surface area contributed by atoms with Gasteiger partial charge in [0.25, 0.3) is 0 Å². The minimum absolute atomic E-state index is 0.104. The number of nitrogens with two attached hydrogens (primary N) is 1. The number of methoxy groups -OCH3 is 1. The van der Waals surface area contributed by atoms with Gasteiger partial charge < -0.3 is 15.2 Å². The normalized spacial score (nSPS) is 11.3. The third kappa shape index (κ3) is 3.14. The van der Waals surface area contributed by atoms with Crippen molar-refractivity contribution in [1.82, 2.24) is 0 Å². The largest absolute Gasteiger partial charge is 0.493 e. The first-order chi connectivity index (χ1) is 7.49. The van der Waals surface area contributed by atoms with Crippen LogP contribution in [0.15, 0.2) is 18.2 Å². The van der Waals surface area contributed by atoms with Crippen LogP contribution in [0.1, 0.15) is 26.3 Å². The lowest BCUT2D eigenvalue weighted by atomic mass is 9.87. The van der Waals surface area contributed by atoms with E-state index in [0.717, 1.165) is 11.5 Å². The Balaban J connectivity index is 3.01. The average Bonchev–Trinajstić information content (AvgIpc) is 2.24. The Kier molecular flexibility index (Phi) is 4.19. The van der Waals surface area contributed by atoms with Crippen LogP contribution in [0.2, 0.25) is 0 Å². The molecule has 0 amide bonds. The minimum Gasteiger partial charge on any atom is -0.493 e. The molecule has 90 valence electrons. The van der Waals surface area contributed by atoms with Gasteiger partial charge in [-0.1, -0.05) is 26.8 Å². The molecule has 0 unspecified atom stereocenters. The second-order valence-corrected chi connectivity index (χ2v) is 4.75. The van der Waals surface area contributed by atoms with E-state index in [1.54, 1.807) is 7.11 Å². The Morgan fingerprint density at radius 2 is 1.88 bits per heavy atom. The standard InChI is InChI=1S/C13H21NO2/c1-13(2,3)10-5-6-11(15-4)12(9-10)16-8-7-14/h5-6,9H,7-8,14H2,1-4H3. The van der Waals surface area contributed by atoms with Crippen LogP contribution < -0.4 is 15.2 Å². The highest BCUT2D eigenvalue weighted by atomic mass is 16.5. The molecular weight excluding hydrogens is 202 g/mol. The van der Waals surface area contributed by atoms with E-state index in [2.05, 4.69) is 26.8 Å². The Morgan fingerprint density at radius 3 is 2.38 bits per heavy atom. The molecule has 1 aromatic carbocycles. The zero-order valence-electron chi connectivity index (χ0n) is 10.5. The molecule has 0 bridgehead atoms. The van der Waals surface area contributed by atoms with Crippen LogP contribution in [-0.2, 0) is 5.41 Å². The molecule has 0 fully saturated rings. The fraction of sp³-hybridized carbons (Fsp3) is 0.538. The highest BCUT2D eigenvalue weighted by molar-refractivity contribution is 5.44. The van der Waals surface area contributed by atoms with Crippen LogP contribution >= 0.6 is 0 Å². The zero-order valence-corrected chi connectivity index (χ0v) is 10.5. The molecule has 0 spiro atoms. The lowest BCUT2D eigenvalue weighted by molar-refractivity contribution is 0.301. The molecule has 1 rings (SSSR count). The van der Waals surface area contributed by atoms with E-state index in [1.807, 2.05) is 12.1 Å². The van der Waals surface area contributed by atoms with Gasteiger partial charge in [-0.3, -0.25) is 0 Å². The van der Waals surface area contributed by atoms with Gasteiger partial charge in [-0.15, -0.1) is 0 Å². The Bertz CT molecular complexity index is 342. The van der Waals surface area contributed by atoms with Gasteiger partial charge in [0.2, 0.25) is 0 Å². The molecule has 16 heavy (non-hydrogen) atoms. The summed E-state index contributed by atoms with van der Waals surface area (Å²) in [7, 11) is 1.64. The van der Waals surface area contributed by atoms with E-state index in [4.69, 9.17) is 15.2 Å². The predicted octanol–water partition coefficient (Wildman–Crippen LogP) is 2.33. The third-order valence-electron chi connectivity index (χ3n) is 2.41. The summed E-state index contributed by atoms with van der Waals surface area (Å²) in [6, 6.07) is 6.02. The fourth-order valence-corrected chi connectivity index (χ4v) is 1.42. The second-order valence-electron chi connectivity index (χ2n) is 4.75. The topological polar surface area (TPSA) is 44.5 Å². The average molecular weight is 223 g/mol. The van der Waals surface area contributed by atoms with Gasteiger partial charge in [0.05, 0.1) is 7.11 Å². The smallest absolute Gasteiger partial charge is 0.161 e. The van der Waals surface area contributed by atoms with Crippen molar-refractivity contribution < 1.29 is 9.47 Å². The van der Waals surface area contributed by atoms with Crippen molar-refractivity contribution in [2.75, 3.05) is 20.3 Å². The second kappa shape index (κ2) is 5.21. The molecule has 3 heteroatoms. The highest BCUT2D eigenvalue weighted by Crippen LogP contribution is 2.32. The van der Waals surface area contributed by atoms with E-state index >= 15 is 0 Å². The molecule has 0 saturated carbocycles. The third-order valence-corrected chi connectivity index (χ3v) is 2.41. The van der Waals surface area contributed by atoms with Crippen molar-refractivity contribution >= 4 is 0 Å². The Labute approximate surface area is 97.6 Å². The predicted molar refractivity (Wildman–Crippen MR) is 66.2 cm³/mol. The van der Waals surface area contributed by atoms with Crippen molar-refractivity contribution in [3.05, 3.63) is 23.8 Å². The van der Waals surface area contributed by atoms with Crippen molar-refractivity contribution in [2.45, 2.75) is 26.2 Å². The molecule has 0 saturated heterocycles. The molecule has 0 aliphatic rings. The van der Waals surface area contributed by atoms with Crippen LogP contribution in [0.5, 0.6) is 11.5 Å². The summed E-state index contributed by atoms with van der Waals surface area (Å²) in [4.78, 5) is 0. The van der Waals surface area contributed by atoms with E-state index in [1.165, 1.54) is 5.56 Å². The van der Waals surface area contributed by atoms with Crippen molar-refractivity contribution in [3.63, 3.8) is 0 Å². The zero-order chi connectivity index (χ0) is 12.2. The van der Waals surface area contributed by atoms with Gasteiger partial charge in [0.15, 0.2) is 11.5 Å². The molecule has 0 aliphatic heterocycles. The summed E-state index contributed by atoms with van der Waals surface area (Å²) >= 11 is 0. The summed E-state index contributed by atoms with van der Waals surface area (Å²) < 4.78 is 10.8. The molecular formula is C13H21NO2. The maximum absolute atomic E-state index is 5.56. The van der Waals surface area contributed by atoms with Crippen molar-refractivity contribution in [3.8, 4) is 11.5 Å². The van der Waals surface area contributed by atoms with E-state index in [9.17, 15) is 0 Å². The molecule has 1 aromatic rings. The number of hydrogen-bond donors (Lipinski definition) is 1. The summed E-state index contributed by atoms with van der Waals surface area (Å²) in [6.45, 7) is 7.51. The van der Waals surface area contributed by atoms with Crippen molar-refractivity contribution in [1.29, 1.82) is 0 Å². The monoisotopic (exact) mass is 223 g/mol. The van der Waals surface area contributed by atoms with Gasteiger partial charge in [0, 0.05) is 6.54 Å². The van der Waals surface area contributed by atoms with Crippen molar-refractivity contribution in [2.24, 2.45) is 5.73 Å². The van der Waals surface area contributed by atoms with Crippen LogP contribution in [0.3, 0.4) is 0 Å². The van der Waals surface area contributed by atoms with E-state index < -0.39 is 0 Å². The van der Waals surface area contributed by atoms with Gasteiger partial charge in [-0.2, -0.15) is 0 Å². The molecule has 0 atom stereocenters.